The molecule has 0 unspecified atom stereocenters. The summed E-state index contributed by atoms with van der Waals surface area (Å²) in [5.41, 5.74) is 1.22. The average Bonchev–Trinajstić information content (AvgIpc) is 3.05. The number of nitrogens with one attached hydrogen (secondary N) is 1. The van der Waals surface area contributed by atoms with Crippen LogP contribution in [0.4, 0.5) is 10.1 Å². The van der Waals surface area contributed by atoms with Crippen molar-refractivity contribution in [3.63, 3.8) is 0 Å². The average molecular weight is 392 g/mol. The number of halogens is 2. The molecule has 2 aromatic heterocycles. The molecule has 0 bridgehead atoms. The Labute approximate surface area is 158 Å². The molecule has 0 fully saturated rings. The molecule has 6 nitrogen and oxygen atoms in total. The van der Waals surface area contributed by atoms with E-state index in [-0.39, 0.29) is 22.6 Å². The maximum absolute atomic E-state index is 13.1. The fourth-order valence-corrected chi connectivity index (χ4v) is 3.26. The van der Waals surface area contributed by atoms with Gasteiger partial charge in [0.2, 0.25) is 5.91 Å². The highest BCUT2D eigenvalue weighted by Crippen LogP contribution is 2.24. The molecule has 0 spiro atoms. The van der Waals surface area contributed by atoms with Crippen molar-refractivity contribution >= 4 is 35.0 Å². The quantitative estimate of drug-likeness (QED) is 0.510. The van der Waals surface area contributed by atoms with Gasteiger partial charge < -0.3 is 9.88 Å². The van der Waals surface area contributed by atoms with Gasteiger partial charge in [-0.15, -0.1) is 10.2 Å². The molecule has 3 rings (SSSR count). The molecule has 9 heteroatoms. The van der Waals surface area contributed by atoms with E-state index in [1.165, 1.54) is 23.9 Å². The lowest BCUT2D eigenvalue weighted by atomic mass is 10.2. The van der Waals surface area contributed by atoms with Gasteiger partial charge in [-0.25, -0.2) is 9.37 Å². The van der Waals surface area contributed by atoms with Crippen molar-refractivity contribution in [2.75, 3.05) is 11.1 Å². The number of pyridine rings is 1. The fourth-order valence-electron chi connectivity index (χ4n) is 2.29. The Morgan fingerprint density at radius 2 is 2.04 bits per heavy atom. The topological polar surface area (TPSA) is 72.7 Å². The van der Waals surface area contributed by atoms with Crippen molar-refractivity contribution in [3.05, 3.63) is 53.6 Å². The third kappa shape index (κ3) is 4.20. The second-order valence-corrected chi connectivity index (χ2v) is 6.54. The molecular weight excluding hydrogens is 377 g/mol. The van der Waals surface area contributed by atoms with E-state index in [0.29, 0.717) is 23.2 Å². The van der Waals surface area contributed by atoms with Crippen LogP contribution in [0.15, 0.2) is 47.8 Å². The highest BCUT2D eigenvalue weighted by Gasteiger charge is 2.15. The number of rotatable bonds is 6. The van der Waals surface area contributed by atoms with Crippen LogP contribution in [-0.4, -0.2) is 31.4 Å². The Bertz CT molecular complexity index is 916. The zero-order valence-electron chi connectivity index (χ0n) is 13.8. The summed E-state index contributed by atoms with van der Waals surface area (Å²) >= 11 is 7.19. The van der Waals surface area contributed by atoms with Gasteiger partial charge in [-0.1, -0.05) is 23.4 Å². The number of nitrogens with zero attached hydrogens (tertiary/aromatic N) is 4. The minimum Gasteiger partial charge on any atom is -0.323 e. The number of hydrogen-bond acceptors (Lipinski definition) is 5. The van der Waals surface area contributed by atoms with E-state index >= 15 is 0 Å². The molecule has 1 amide bonds. The zero-order valence-corrected chi connectivity index (χ0v) is 15.4. The van der Waals surface area contributed by atoms with E-state index in [2.05, 4.69) is 20.5 Å². The van der Waals surface area contributed by atoms with Crippen molar-refractivity contribution < 1.29 is 9.18 Å². The molecule has 0 saturated heterocycles. The normalized spacial score (nSPS) is 10.7. The van der Waals surface area contributed by atoms with Crippen molar-refractivity contribution in [1.29, 1.82) is 0 Å². The first-order chi connectivity index (χ1) is 12.6. The summed E-state index contributed by atoms with van der Waals surface area (Å²) in [4.78, 5) is 16.0. The third-order valence-corrected chi connectivity index (χ3v) is 4.77. The summed E-state index contributed by atoms with van der Waals surface area (Å²) < 4.78 is 15.0. The van der Waals surface area contributed by atoms with Gasteiger partial charge in [-0.05, 0) is 43.3 Å². The summed E-state index contributed by atoms with van der Waals surface area (Å²) in [6.45, 7) is 2.58. The molecule has 1 aromatic carbocycles. The van der Waals surface area contributed by atoms with Gasteiger partial charge in [0.15, 0.2) is 16.1 Å². The van der Waals surface area contributed by atoms with Crippen molar-refractivity contribution in [2.24, 2.45) is 0 Å². The minimum absolute atomic E-state index is 0.146. The van der Waals surface area contributed by atoms with Gasteiger partial charge in [0.05, 0.1) is 11.4 Å². The number of anilines is 1. The zero-order chi connectivity index (χ0) is 18.5. The molecule has 0 radical (unpaired) electrons. The maximum atomic E-state index is 13.1. The summed E-state index contributed by atoms with van der Waals surface area (Å²) in [5, 5.41) is 11.9. The largest absolute Gasteiger partial charge is 0.323 e. The first kappa shape index (κ1) is 18.3. The first-order valence-corrected chi connectivity index (χ1v) is 9.17. The monoisotopic (exact) mass is 391 g/mol. The van der Waals surface area contributed by atoms with Crippen LogP contribution >= 0.6 is 23.4 Å². The number of carbonyl (C=O) groups excluding carboxylic acids is 1. The van der Waals surface area contributed by atoms with Crippen LogP contribution in [0.2, 0.25) is 5.15 Å². The van der Waals surface area contributed by atoms with E-state index in [1.807, 2.05) is 11.5 Å². The van der Waals surface area contributed by atoms with E-state index in [0.717, 1.165) is 5.56 Å². The molecule has 134 valence electrons. The van der Waals surface area contributed by atoms with Crippen LogP contribution in [0.1, 0.15) is 6.92 Å². The lowest BCUT2D eigenvalue weighted by molar-refractivity contribution is -0.113. The van der Waals surface area contributed by atoms with Crippen molar-refractivity contribution in [1.82, 2.24) is 19.7 Å². The Morgan fingerprint density at radius 1 is 1.27 bits per heavy atom. The molecule has 0 aliphatic carbocycles. The number of carbonyl (C=O) groups is 1. The van der Waals surface area contributed by atoms with Crippen LogP contribution in [0.5, 0.6) is 0 Å². The molecule has 0 atom stereocenters. The van der Waals surface area contributed by atoms with Gasteiger partial charge in [-0.2, -0.15) is 0 Å². The van der Waals surface area contributed by atoms with Crippen LogP contribution in [-0.2, 0) is 11.3 Å². The summed E-state index contributed by atoms with van der Waals surface area (Å²) in [6.07, 6.45) is 1.55. The highest BCUT2D eigenvalue weighted by atomic mass is 35.5. The molecular formula is C17H15ClFN5OS. The number of benzene rings is 1. The molecule has 26 heavy (non-hydrogen) atoms. The maximum Gasteiger partial charge on any atom is 0.234 e. The Morgan fingerprint density at radius 3 is 2.73 bits per heavy atom. The van der Waals surface area contributed by atoms with E-state index in [9.17, 15) is 9.18 Å². The predicted octanol–water partition coefficient (Wildman–Crippen LogP) is 3.88. The molecule has 0 aliphatic heterocycles. The van der Waals surface area contributed by atoms with Crippen LogP contribution < -0.4 is 5.32 Å². The van der Waals surface area contributed by atoms with E-state index in [4.69, 9.17) is 11.6 Å². The van der Waals surface area contributed by atoms with Gasteiger partial charge in [0.25, 0.3) is 0 Å². The van der Waals surface area contributed by atoms with Crippen molar-refractivity contribution in [3.8, 4) is 11.4 Å². The van der Waals surface area contributed by atoms with E-state index < -0.39 is 0 Å². The minimum atomic E-state index is -0.309. The second-order valence-electron chi connectivity index (χ2n) is 5.24. The third-order valence-electron chi connectivity index (χ3n) is 3.50. The van der Waals surface area contributed by atoms with Crippen LogP contribution in [0.25, 0.3) is 11.4 Å². The van der Waals surface area contributed by atoms with Crippen LogP contribution in [0.3, 0.4) is 0 Å². The standard InChI is InChI=1S/C17H15ClFN5OS/c1-2-24-16(11-5-7-12(19)8-6-11)22-23-17(24)26-10-14(25)21-13-4-3-9-20-15(13)18/h3-9H,2,10H2,1H3,(H,21,25). The lowest BCUT2D eigenvalue weighted by Crippen LogP contribution is -2.15. The Hall–Kier alpha value is -2.45. The van der Waals surface area contributed by atoms with E-state index in [1.54, 1.807) is 30.5 Å². The molecule has 1 N–H and O–H groups in total. The summed E-state index contributed by atoms with van der Waals surface area (Å²) in [6, 6.07) is 9.42. The summed E-state index contributed by atoms with van der Waals surface area (Å²) in [5.74, 6) is 0.244. The predicted molar refractivity (Wildman–Crippen MR) is 99.7 cm³/mol. The number of hydrogen-bond donors (Lipinski definition) is 1. The van der Waals surface area contributed by atoms with Gasteiger partial charge in [-0.3, -0.25) is 4.79 Å². The van der Waals surface area contributed by atoms with Gasteiger partial charge in [0.1, 0.15) is 5.82 Å². The fraction of sp³-hybridized carbons (Fsp3) is 0.176. The summed E-state index contributed by atoms with van der Waals surface area (Å²) in [7, 11) is 0. The van der Waals surface area contributed by atoms with Gasteiger partial charge in [0, 0.05) is 18.3 Å². The number of amides is 1. The molecule has 3 aromatic rings. The second kappa shape index (κ2) is 8.29. The number of thioether (sulfide) groups is 1. The molecule has 2 heterocycles. The molecule has 0 saturated carbocycles. The number of aromatic nitrogens is 4. The Balaban J connectivity index is 1.69. The van der Waals surface area contributed by atoms with Gasteiger partial charge >= 0.3 is 0 Å². The first-order valence-electron chi connectivity index (χ1n) is 7.80. The Kier molecular flexibility index (Phi) is 5.85. The SMILES string of the molecule is CCn1c(SCC(=O)Nc2cccnc2Cl)nnc1-c1ccc(F)cc1. The lowest BCUT2D eigenvalue weighted by Gasteiger charge is -2.08. The van der Waals surface area contributed by atoms with Crippen molar-refractivity contribution in [2.45, 2.75) is 18.6 Å². The smallest absolute Gasteiger partial charge is 0.234 e. The molecule has 0 aliphatic rings. The highest BCUT2D eigenvalue weighted by molar-refractivity contribution is 7.99. The van der Waals surface area contributed by atoms with Crippen LogP contribution in [0, 0.1) is 5.82 Å².